The molecule has 45 heavy (non-hydrogen) atoms. The number of methoxy groups -OCH3 is 1. The number of alkyl carbamates (subject to hydrolysis) is 1. The van der Waals surface area contributed by atoms with E-state index in [1.807, 2.05) is 45.9 Å². The second-order valence-corrected chi connectivity index (χ2v) is 13.5. The molecule has 11 nitrogen and oxygen atoms in total. The molecule has 3 aliphatic rings. The minimum atomic E-state index is -1.14. The molecule has 5 rings (SSSR count). The van der Waals surface area contributed by atoms with Crippen molar-refractivity contribution in [3.63, 3.8) is 0 Å². The van der Waals surface area contributed by atoms with Gasteiger partial charge in [-0.15, -0.1) is 0 Å². The lowest BCUT2D eigenvalue weighted by atomic mass is 9.85. The maximum Gasteiger partial charge on any atom is 0.408 e. The molecule has 2 aliphatic heterocycles. The number of aliphatic carboxylic acids is 1. The number of ether oxygens (including phenoxy) is 3. The predicted octanol–water partition coefficient (Wildman–Crippen LogP) is 5.30. The average Bonchev–Trinajstić information content (AvgIpc) is 3.37. The number of aromatic nitrogens is 2. The van der Waals surface area contributed by atoms with Crippen molar-refractivity contribution in [2.45, 2.75) is 103 Å². The van der Waals surface area contributed by atoms with Crippen molar-refractivity contribution in [2.75, 3.05) is 13.7 Å². The van der Waals surface area contributed by atoms with Gasteiger partial charge in [0.15, 0.2) is 0 Å². The monoisotopic (exact) mass is 622 g/mol. The molecule has 6 atom stereocenters. The van der Waals surface area contributed by atoms with Crippen LogP contribution in [0.15, 0.2) is 30.4 Å². The lowest BCUT2D eigenvalue weighted by Crippen LogP contribution is -2.57. The fourth-order valence-corrected chi connectivity index (χ4v) is 6.89. The first-order valence-corrected chi connectivity index (χ1v) is 16.2. The molecule has 3 heterocycles. The molecule has 2 aromatic rings. The highest BCUT2D eigenvalue weighted by atomic mass is 16.6. The SMILES string of the molecule is CC[C@@H]1[C@@H]2CN(C(=O)[C@H](C(C)(C)C)NC(=O)O[C@@H]3CC=CC[C@H]3CCCCCc3nc4ccc(OC)cc4nc3O2)[C@@H]1C(=O)O. The molecule has 0 radical (unpaired) electrons. The van der Waals surface area contributed by atoms with Crippen LogP contribution in [0.1, 0.15) is 78.3 Å². The molecule has 1 aromatic heterocycles. The minimum absolute atomic E-state index is 0.0321. The van der Waals surface area contributed by atoms with Gasteiger partial charge < -0.3 is 29.5 Å². The van der Waals surface area contributed by atoms with Crippen LogP contribution in [0.25, 0.3) is 11.0 Å². The first kappa shape index (κ1) is 32.5. The average molecular weight is 623 g/mol. The maximum absolute atomic E-state index is 14.2. The number of hydrogen-bond donors (Lipinski definition) is 2. The van der Waals surface area contributed by atoms with Crippen molar-refractivity contribution in [3.8, 4) is 11.6 Å². The predicted molar refractivity (Wildman–Crippen MR) is 168 cm³/mol. The number of fused-ring (bicyclic) bond motifs is 5. The van der Waals surface area contributed by atoms with Crippen molar-refractivity contribution in [1.29, 1.82) is 0 Å². The highest BCUT2D eigenvalue weighted by Gasteiger charge is 2.51. The van der Waals surface area contributed by atoms with Gasteiger partial charge in [-0.2, -0.15) is 0 Å². The fourth-order valence-electron chi connectivity index (χ4n) is 6.89. The molecule has 11 heteroatoms. The molecule has 2 N–H and O–H groups in total. The van der Waals surface area contributed by atoms with Crippen LogP contribution in [-0.2, 0) is 20.7 Å². The molecule has 244 valence electrons. The number of aryl methyl sites for hydroxylation is 1. The van der Waals surface area contributed by atoms with E-state index in [4.69, 9.17) is 24.2 Å². The number of nitrogens with one attached hydrogen (secondary N) is 1. The zero-order chi connectivity index (χ0) is 32.3. The quantitative estimate of drug-likeness (QED) is 0.437. The summed E-state index contributed by atoms with van der Waals surface area (Å²) >= 11 is 0. The van der Waals surface area contributed by atoms with Crippen LogP contribution in [0.2, 0.25) is 0 Å². The number of amides is 2. The third-order valence-corrected chi connectivity index (χ3v) is 9.39. The van der Waals surface area contributed by atoms with E-state index in [2.05, 4.69) is 11.4 Å². The van der Waals surface area contributed by atoms with Crippen LogP contribution in [0.5, 0.6) is 11.6 Å². The molecule has 2 amide bonds. The number of carboxylic acid groups (broad SMARTS) is 1. The van der Waals surface area contributed by atoms with Crippen LogP contribution in [0.4, 0.5) is 4.79 Å². The van der Waals surface area contributed by atoms with Crippen molar-refractivity contribution in [3.05, 3.63) is 36.0 Å². The molecule has 1 aliphatic carbocycles. The first-order chi connectivity index (χ1) is 21.5. The second kappa shape index (κ2) is 13.6. The Morgan fingerprint density at radius 2 is 1.84 bits per heavy atom. The number of carboxylic acids is 1. The Hall–Kier alpha value is -3.89. The highest BCUT2D eigenvalue weighted by molar-refractivity contribution is 5.90. The van der Waals surface area contributed by atoms with E-state index < -0.39 is 47.5 Å². The molecular weight excluding hydrogens is 576 g/mol. The number of nitrogens with zero attached hydrogens (tertiary/aromatic N) is 3. The smallest absolute Gasteiger partial charge is 0.408 e. The third-order valence-electron chi connectivity index (χ3n) is 9.39. The Morgan fingerprint density at radius 3 is 2.56 bits per heavy atom. The summed E-state index contributed by atoms with van der Waals surface area (Å²) in [6, 6.07) is 3.37. The fraction of sp³-hybridized carbons (Fsp3) is 0.618. The largest absolute Gasteiger partial charge is 0.497 e. The summed E-state index contributed by atoms with van der Waals surface area (Å²) in [5, 5.41) is 13.2. The summed E-state index contributed by atoms with van der Waals surface area (Å²) in [5.74, 6) is -0.932. The number of hydrogen-bond acceptors (Lipinski definition) is 8. The van der Waals surface area contributed by atoms with Gasteiger partial charge in [0.05, 0.1) is 24.7 Å². The minimum Gasteiger partial charge on any atom is -0.497 e. The zero-order valence-electron chi connectivity index (χ0n) is 27.0. The normalized spacial score (nSPS) is 28.2. The van der Waals surface area contributed by atoms with E-state index in [9.17, 15) is 19.5 Å². The molecule has 1 fully saturated rings. The molecule has 1 saturated heterocycles. The Morgan fingerprint density at radius 1 is 1.07 bits per heavy atom. The maximum atomic E-state index is 14.2. The topological polar surface area (TPSA) is 140 Å². The summed E-state index contributed by atoms with van der Waals surface area (Å²) in [6.07, 6.45) is 8.81. The van der Waals surface area contributed by atoms with E-state index in [0.29, 0.717) is 42.1 Å². The number of allylic oxidation sites excluding steroid dienone is 1. The van der Waals surface area contributed by atoms with Gasteiger partial charge in [-0.1, -0.05) is 52.7 Å². The van der Waals surface area contributed by atoms with Gasteiger partial charge in [-0.25, -0.2) is 19.6 Å². The molecule has 0 unspecified atom stereocenters. The van der Waals surface area contributed by atoms with Crippen molar-refractivity contribution in [2.24, 2.45) is 17.3 Å². The summed E-state index contributed by atoms with van der Waals surface area (Å²) in [4.78, 5) is 51.4. The van der Waals surface area contributed by atoms with Gasteiger partial charge in [0.25, 0.3) is 0 Å². The van der Waals surface area contributed by atoms with Gasteiger partial charge in [0.2, 0.25) is 11.8 Å². The molecule has 0 saturated carbocycles. The number of carbonyl (C=O) groups is 3. The van der Waals surface area contributed by atoms with E-state index in [0.717, 1.165) is 37.6 Å². The van der Waals surface area contributed by atoms with E-state index in [1.54, 1.807) is 13.2 Å². The van der Waals surface area contributed by atoms with E-state index in [1.165, 1.54) is 4.90 Å². The third kappa shape index (κ3) is 7.17. The van der Waals surface area contributed by atoms with Crippen LogP contribution >= 0.6 is 0 Å². The Kier molecular flexibility index (Phi) is 9.84. The standard InChI is InChI=1S/C34H46N4O7/c1-6-22-27-19-38(28(22)32(40)41)31(39)29(34(2,3)4)37-33(42)45-26-15-11-10-13-20(26)12-8-7-9-14-24-30(44-27)36-25-18-21(43-5)16-17-23(25)35-24/h10-11,16-18,20,22,26-29H,6-9,12-15,19H2,1-5H3,(H,37,42)(H,40,41)/t20-,22-,26-,27+,28+,29-/m1/s1. The Balaban J connectivity index is 1.55. The van der Waals surface area contributed by atoms with Crippen LogP contribution in [-0.4, -0.2) is 75.9 Å². The second-order valence-electron chi connectivity index (χ2n) is 13.5. The van der Waals surface area contributed by atoms with Crippen molar-refractivity contribution in [1.82, 2.24) is 20.2 Å². The van der Waals surface area contributed by atoms with Gasteiger partial charge in [-0.3, -0.25) is 4.79 Å². The first-order valence-electron chi connectivity index (χ1n) is 16.2. The van der Waals surface area contributed by atoms with Crippen LogP contribution in [0.3, 0.4) is 0 Å². The van der Waals surface area contributed by atoms with E-state index >= 15 is 0 Å². The summed E-state index contributed by atoms with van der Waals surface area (Å²) in [7, 11) is 1.59. The molecule has 1 aromatic carbocycles. The molecule has 2 bridgehead atoms. The zero-order valence-corrected chi connectivity index (χ0v) is 27.0. The molecular formula is C34H46N4O7. The number of benzene rings is 1. The number of rotatable bonds is 3. The summed E-state index contributed by atoms with van der Waals surface area (Å²) in [5.41, 5.74) is 1.32. The van der Waals surface area contributed by atoms with Gasteiger partial charge in [-0.05, 0) is 55.6 Å². The highest BCUT2D eigenvalue weighted by Crippen LogP contribution is 2.35. The van der Waals surface area contributed by atoms with Gasteiger partial charge in [0, 0.05) is 18.4 Å². The number of carbonyl (C=O) groups excluding carboxylic acids is 2. The lowest BCUT2D eigenvalue weighted by Gasteiger charge is -2.36. The van der Waals surface area contributed by atoms with Crippen molar-refractivity contribution >= 4 is 29.0 Å². The van der Waals surface area contributed by atoms with Crippen LogP contribution in [0, 0.1) is 17.3 Å². The summed E-state index contributed by atoms with van der Waals surface area (Å²) < 4.78 is 17.9. The van der Waals surface area contributed by atoms with Crippen molar-refractivity contribution < 1.29 is 33.7 Å². The lowest BCUT2D eigenvalue weighted by molar-refractivity contribution is -0.151. The van der Waals surface area contributed by atoms with Crippen LogP contribution < -0.4 is 14.8 Å². The van der Waals surface area contributed by atoms with Gasteiger partial charge in [0.1, 0.15) is 35.7 Å². The van der Waals surface area contributed by atoms with Gasteiger partial charge >= 0.3 is 12.1 Å². The Bertz CT molecular complexity index is 1440. The van der Waals surface area contributed by atoms with E-state index in [-0.39, 0.29) is 18.6 Å². The Labute approximate surface area is 264 Å². The molecule has 0 spiro atoms. The summed E-state index contributed by atoms with van der Waals surface area (Å²) in [6.45, 7) is 7.46.